The van der Waals surface area contributed by atoms with Crippen LogP contribution in [0.1, 0.15) is 51.9 Å². The van der Waals surface area contributed by atoms with Crippen molar-refractivity contribution in [3.63, 3.8) is 0 Å². The molecule has 0 saturated heterocycles. The zero-order valence-corrected chi connectivity index (χ0v) is 22.2. The largest absolute Gasteiger partial charge is 0.457 e. The Labute approximate surface area is 225 Å². The number of carbonyl (C=O) groups excluding carboxylic acids is 2. The van der Waals surface area contributed by atoms with Crippen molar-refractivity contribution in [2.24, 2.45) is 0 Å². The van der Waals surface area contributed by atoms with E-state index in [-0.39, 0.29) is 11.9 Å². The fourth-order valence-electron chi connectivity index (χ4n) is 3.85. The monoisotopic (exact) mass is 521 g/mol. The molecule has 0 spiro atoms. The van der Waals surface area contributed by atoms with Crippen molar-refractivity contribution >= 4 is 34.9 Å². The molecule has 3 amide bonds. The van der Waals surface area contributed by atoms with E-state index in [0.29, 0.717) is 41.7 Å². The predicted molar refractivity (Wildman–Crippen MR) is 152 cm³/mol. The smallest absolute Gasteiger partial charge is 0.326 e. The van der Waals surface area contributed by atoms with Gasteiger partial charge in [-0.1, -0.05) is 68.8 Å². The Kier molecular flexibility index (Phi) is 11.8. The third kappa shape index (κ3) is 10.2. The van der Waals surface area contributed by atoms with Crippen LogP contribution in [0.4, 0.5) is 16.2 Å². The predicted octanol–water partition coefficient (Wildman–Crippen LogP) is 8.04. The van der Waals surface area contributed by atoms with Crippen LogP contribution in [0.2, 0.25) is 5.02 Å². The van der Waals surface area contributed by atoms with Gasteiger partial charge >= 0.3 is 6.03 Å². The van der Waals surface area contributed by atoms with E-state index in [1.54, 1.807) is 29.2 Å². The van der Waals surface area contributed by atoms with Gasteiger partial charge in [0.2, 0.25) is 5.91 Å². The molecule has 0 aliphatic rings. The van der Waals surface area contributed by atoms with Gasteiger partial charge in [0.05, 0.1) is 0 Å². The summed E-state index contributed by atoms with van der Waals surface area (Å²) in [5.41, 5.74) is 1.33. The maximum Gasteiger partial charge on any atom is 0.326 e. The summed E-state index contributed by atoms with van der Waals surface area (Å²) in [6, 6.07) is 23.5. The molecule has 3 aromatic carbocycles. The van der Waals surface area contributed by atoms with E-state index < -0.39 is 0 Å². The van der Waals surface area contributed by atoms with Crippen LogP contribution in [0.3, 0.4) is 0 Å². The zero-order valence-electron chi connectivity index (χ0n) is 21.4. The van der Waals surface area contributed by atoms with Gasteiger partial charge in [-0.2, -0.15) is 0 Å². The number of nitrogens with zero attached hydrogens (tertiary/aromatic N) is 1. The maximum atomic E-state index is 13.2. The number of amides is 3. The molecule has 0 saturated carbocycles. The normalized spacial score (nSPS) is 10.5. The summed E-state index contributed by atoms with van der Waals surface area (Å²) in [7, 11) is 0. The number of hydrogen-bond acceptors (Lipinski definition) is 3. The Balaban J connectivity index is 1.59. The van der Waals surface area contributed by atoms with E-state index in [0.717, 1.165) is 18.6 Å². The summed E-state index contributed by atoms with van der Waals surface area (Å²) in [6.07, 6.45) is 7.33. The second-order valence-corrected chi connectivity index (χ2v) is 9.30. The topological polar surface area (TPSA) is 70.7 Å². The first-order chi connectivity index (χ1) is 18.0. The number of benzene rings is 3. The van der Waals surface area contributed by atoms with Gasteiger partial charge in [0, 0.05) is 35.9 Å². The van der Waals surface area contributed by atoms with Crippen molar-refractivity contribution in [1.29, 1.82) is 0 Å². The second-order valence-electron chi connectivity index (χ2n) is 8.87. The summed E-state index contributed by atoms with van der Waals surface area (Å²) in [4.78, 5) is 27.1. The highest BCUT2D eigenvalue weighted by atomic mass is 35.5. The Bertz CT molecular complexity index is 1090. The molecular formula is C30H36ClN3O3. The average molecular weight is 522 g/mol. The van der Waals surface area contributed by atoms with Crippen LogP contribution in [0.5, 0.6) is 11.5 Å². The van der Waals surface area contributed by atoms with Crippen molar-refractivity contribution in [2.45, 2.75) is 51.9 Å². The number of hydrogen-bond donors (Lipinski definition) is 2. The molecule has 7 heteroatoms. The quantitative estimate of drug-likeness (QED) is 0.211. The lowest BCUT2D eigenvalue weighted by Gasteiger charge is -2.24. The number of carbonyl (C=O) groups is 2. The molecular weight excluding hydrogens is 486 g/mol. The van der Waals surface area contributed by atoms with Gasteiger partial charge in [0.15, 0.2) is 0 Å². The van der Waals surface area contributed by atoms with Crippen molar-refractivity contribution in [1.82, 2.24) is 5.32 Å². The maximum absolute atomic E-state index is 13.2. The lowest BCUT2D eigenvalue weighted by Crippen LogP contribution is -2.41. The summed E-state index contributed by atoms with van der Waals surface area (Å²) in [5.74, 6) is 1.42. The zero-order chi connectivity index (χ0) is 26.3. The molecule has 0 fully saturated rings. The van der Waals surface area contributed by atoms with Gasteiger partial charge in [-0.25, -0.2) is 4.79 Å². The van der Waals surface area contributed by atoms with Crippen molar-refractivity contribution in [3.8, 4) is 11.5 Å². The van der Waals surface area contributed by atoms with Crippen molar-refractivity contribution in [2.75, 3.05) is 23.3 Å². The third-order valence-electron chi connectivity index (χ3n) is 5.88. The van der Waals surface area contributed by atoms with Crippen LogP contribution in [-0.2, 0) is 4.79 Å². The SMILES string of the molecule is CCCCCCCCC(=O)NCCN(C(=O)Nc1ccc(Cl)cc1)c1ccc(Oc2ccccc2)cc1. The van der Waals surface area contributed by atoms with Gasteiger partial charge in [-0.05, 0) is 67.1 Å². The Morgan fingerprint density at radius 3 is 2.16 bits per heavy atom. The van der Waals surface area contributed by atoms with Gasteiger partial charge in [0.25, 0.3) is 0 Å². The van der Waals surface area contributed by atoms with Gasteiger partial charge < -0.3 is 15.4 Å². The minimum absolute atomic E-state index is 0.0140. The molecule has 37 heavy (non-hydrogen) atoms. The number of anilines is 2. The van der Waals surface area contributed by atoms with Crippen molar-refractivity contribution < 1.29 is 14.3 Å². The van der Waals surface area contributed by atoms with Crippen LogP contribution in [0.25, 0.3) is 0 Å². The number of halogens is 1. The van der Waals surface area contributed by atoms with Gasteiger partial charge in [-0.3, -0.25) is 9.69 Å². The lowest BCUT2D eigenvalue weighted by molar-refractivity contribution is -0.121. The molecule has 3 aromatic rings. The van der Waals surface area contributed by atoms with Crippen LogP contribution in [-0.4, -0.2) is 25.0 Å². The highest BCUT2D eigenvalue weighted by Gasteiger charge is 2.17. The highest BCUT2D eigenvalue weighted by molar-refractivity contribution is 6.30. The number of urea groups is 1. The van der Waals surface area contributed by atoms with E-state index in [9.17, 15) is 9.59 Å². The Morgan fingerprint density at radius 1 is 0.811 bits per heavy atom. The number of rotatable bonds is 14. The minimum Gasteiger partial charge on any atom is -0.457 e. The summed E-state index contributed by atoms with van der Waals surface area (Å²) >= 11 is 5.97. The average Bonchev–Trinajstić information content (AvgIpc) is 2.91. The molecule has 0 radical (unpaired) electrons. The first-order valence-corrected chi connectivity index (χ1v) is 13.4. The molecule has 0 heterocycles. The number of para-hydroxylation sites is 1. The van der Waals surface area contributed by atoms with E-state index in [1.807, 2.05) is 54.6 Å². The van der Waals surface area contributed by atoms with E-state index in [1.165, 1.54) is 25.7 Å². The molecule has 196 valence electrons. The Morgan fingerprint density at radius 2 is 1.46 bits per heavy atom. The van der Waals surface area contributed by atoms with Crippen LogP contribution < -0.4 is 20.3 Å². The fourth-order valence-corrected chi connectivity index (χ4v) is 3.98. The molecule has 0 aliphatic carbocycles. The molecule has 2 N–H and O–H groups in total. The van der Waals surface area contributed by atoms with E-state index >= 15 is 0 Å². The van der Waals surface area contributed by atoms with Gasteiger partial charge in [-0.15, -0.1) is 0 Å². The lowest BCUT2D eigenvalue weighted by atomic mass is 10.1. The third-order valence-corrected chi connectivity index (χ3v) is 6.13. The molecule has 6 nitrogen and oxygen atoms in total. The Hall–Kier alpha value is -3.51. The van der Waals surface area contributed by atoms with Crippen LogP contribution in [0, 0.1) is 0 Å². The standard InChI is InChI=1S/C30H36ClN3O3/c1-2-3-4-5-6-10-13-29(35)32-22-23-34(30(36)33-25-16-14-24(31)15-17-25)26-18-20-28(21-19-26)37-27-11-8-7-9-12-27/h7-9,11-12,14-21H,2-6,10,13,22-23H2,1H3,(H,32,35)(H,33,36). The minimum atomic E-state index is -0.302. The molecule has 0 unspecified atom stereocenters. The van der Waals surface area contributed by atoms with Crippen molar-refractivity contribution in [3.05, 3.63) is 83.9 Å². The van der Waals surface area contributed by atoms with E-state index in [2.05, 4.69) is 17.6 Å². The van der Waals surface area contributed by atoms with E-state index in [4.69, 9.17) is 16.3 Å². The molecule has 0 aromatic heterocycles. The second kappa shape index (κ2) is 15.6. The number of nitrogens with one attached hydrogen (secondary N) is 2. The van der Waals surface area contributed by atoms with Gasteiger partial charge in [0.1, 0.15) is 11.5 Å². The highest BCUT2D eigenvalue weighted by Crippen LogP contribution is 2.25. The molecule has 0 aliphatic heterocycles. The summed E-state index contributed by atoms with van der Waals surface area (Å²) in [6.45, 7) is 2.87. The van der Waals surface area contributed by atoms with Crippen LogP contribution >= 0.6 is 11.6 Å². The number of ether oxygens (including phenoxy) is 1. The van der Waals surface area contributed by atoms with Crippen LogP contribution in [0.15, 0.2) is 78.9 Å². The molecule has 0 bridgehead atoms. The summed E-state index contributed by atoms with van der Waals surface area (Å²) < 4.78 is 5.87. The number of unbranched alkanes of at least 4 members (excludes halogenated alkanes) is 5. The molecule has 0 atom stereocenters. The first kappa shape index (κ1) is 28.1. The summed E-state index contributed by atoms with van der Waals surface area (Å²) in [5, 5.41) is 6.45. The fraction of sp³-hybridized carbons (Fsp3) is 0.333. The molecule has 3 rings (SSSR count). The first-order valence-electron chi connectivity index (χ1n) is 13.0.